The Kier molecular flexibility index (Phi) is 9.88. The van der Waals surface area contributed by atoms with Crippen LogP contribution in [0.2, 0.25) is 0 Å². The molecule has 4 aliphatic heterocycles. The zero-order valence-electron chi connectivity index (χ0n) is 34.0. The van der Waals surface area contributed by atoms with E-state index in [1.54, 1.807) is 24.3 Å². The highest BCUT2D eigenvalue weighted by Crippen LogP contribution is 2.46. The lowest BCUT2D eigenvalue weighted by atomic mass is 9.70. The monoisotopic (exact) mass is 794 g/mol. The number of H-pyrrole nitrogens is 1. The molecule has 13 heteroatoms. The Morgan fingerprint density at radius 3 is 2.39 bits per heavy atom. The molecule has 1 unspecified atom stereocenters. The Labute approximate surface area is 343 Å². The molecule has 9 rings (SSSR count). The molecule has 59 heavy (non-hydrogen) atoms. The van der Waals surface area contributed by atoms with Crippen LogP contribution in [0.4, 0.5) is 11.4 Å². The summed E-state index contributed by atoms with van der Waals surface area (Å²) in [5.41, 5.74) is 8.05. The van der Waals surface area contributed by atoms with Crippen molar-refractivity contribution in [3.05, 3.63) is 93.2 Å². The fourth-order valence-electron chi connectivity index (χ4n) is 10.2. The molecule has 3 aromatic carbocycles. The summed E-state index contributed by atoms with van der Waals surface area (Å²) in [7, 11) is 0. The smallest absolute Gasteiger partial charge is 0.264 e. The number of nitrogens with one attached hydrogen (secondary N) is 3. The maximum atomic E-state index is 14.1. The first-order valence-electron chi connectivity index (χ1n) is 21.1. The van der Waals surface area contributed by atoms with Crippen molar-refractivity contribution in [2.45, 2.75) is 76.8 Å². The molecule has 3 N–H and O–H groups in total. The van der Waals surface area contributed by atoms with Crippen LogP contribution < -0.4 is 15.5 Å². The Hall–Kier alpha value is -5.84. The van der Waals surface area contributed by atoms with Gasteiger partial charge in [0.15, 0.2) is 5.78 Å². The summed E-state index contributed by atoms with van der Waals surface area (Å²) < 4.78 is 0. The summed E-state index contributed by atoms with van der Waals surface area (Å²) in [6.45, 7) is 14.1. The maximum Gasteiger partial charge on any atom is 0.264 e. The van der Waals surface area contributed by atoms with Crippen molar-refractivity contribution >= 4 is 51.7 Å². The summed E-state index contributed by atoms with van der Waals surface area (Å²) in [4.78, 5) is 77.1. The first-order chi connectivity index (χ1) is 28.5. The van der Waals surface area contributed by atoms with Crippen molar-refractivity contribution in [1.82, 2.24) is 25.0 Å². The first-order valence-corrected chi connectivity index (χ1v) is 21.1. The van der Waals surface area contributed by atoms with Crippen molar-refractivity contribution in [1.29, 1.82) is 5.26 Å². The van der Waals surface area contributed by atoms with E-state index in [4.69, 9.17) is 0 Å². The standard InChI is InChI=1S/C46H50N8O5/c1-4-28-24-32-33(46(2,3)42-40(41(32)56)30-10-9-27(26-47)23-35(30)49-42)25-37(28)53-17-13-29(14-18-53)52-21-19-51(20-22-52)16-6-15-48-34-8-5-7-31-39(34)45(59)54(44(31)58)36-11-12-38(55)50-43(36)57/h5,7-10,23-25,29,36,48-49H,4,6,11-22H2,1-3H3,(H,50,55,57). The highest BCUT2D eigenvalue weighted by Gasteiger charge is 2.46. The molecule has 13 nitrogen and oxygen atoms in total. The molecular weight excluding hydrogens is 745 g/mol. The number of aryl methyl sites for hydroxylation is 1. The maximum absolute atomic E-state index is 14.1. The number of piperazine rings is 1. The molecule has 1 atom stereocenters. The van der Waals surface area contributed by atoms with Gasteiger partial charge in [0.1, 0.15) is 6.04 Å². The molecule has 304 valence electrons. The number of amides is 4. The number of rotatable bonds is 9. The predicted octanol–water partition coefficient (Wildman–Crippen LogP) is 4.96. The SMILES string of the molecule is CCc1cc2c(cc1N1CCC(N3CCN(CCCNc4cccc5c4C(=O)N(C4CCC(=O)NC4=O)C5=O)CC3)CC1)C(C)(C)c1[nH]c3cc(C#N)ccc3c1C2=O. The minimum atomic E-state index is -0.985. The second-order valence-electron chi connectivity index (χ2n) is 17.1. The molecule has 0 saturated carbocycles. The lowest BCUT2D eigenvalue weighted by Crippen LogP contribution is -2.54. The van der Waals surface area contributed by atoms with Crippen molar-refractivity contribution in [2.24, 2.45) is 0 Å². The van der Waals surface area contributed by atoms with Gasteiger partial charge >= 0.3 is 0 Å². The number of imide groups is 2. The fraction of sp³-hybridized carbons (Fsp3) is 0.435. The number of benzene rings is 3. The minimum Gasteiger partial charge on any atom is -0.384 e. The molecule has 0 spiro atoms. The van der Waals surface area contributed by atoms with E-state index in [9.17, 15) is 29.2 Å². The van der Waals surface area contributed by atoms with Gasteiger partial charge in [-0.2, -0.15) is 5.26 Å². The second-order valence-corrected chi connectivity index (χ2v) is 17.1. The normalized spacial score (nSPS) is 21.1. The summed E-state index contributed by atoms with van der Waals surface area (Å²) in [5.74, 6) is -1.95. The molecule has 0 bridgehead atoms. The molecule has 0 radical (unpaired) electrons. The van der Waals surface area contributed by atoms with E-state index in [2.05, 4.69) is 69.3 Å². The lowest BCUT2D eigenvalue weighted by Gasteiger charge is -2.44. The number of nitriles is 1. The molecule has 5 aliphatic rings. The zero-order chi connectivity index (χ0) is 41.2. The van der Waals surface area contributed by atoms with Gasteiger partial charge in [0, 0.05) is 97.2 Å². The van der Waals surface area contributed by atoms with Crippen LogP contribution in [0.15, 0.2) is 48.5 Å². The van der Waals surface area contributed by atoms with Gasteiger partial charge < -0.3 is 20.1 Å². The number of anilines is 2. The highest BCUT2D eigenvalue weighted by atomic mass is 16.2. The van der Waals surface area contributed by atoms with Crippen molar-refractivity contribution in [3.63, 3.8) is 0 Å². The van der Waals surface area contributed by atoms with Gasteiger partial charge in [-0.3, -0.25) is 39.1 Å². The van der Waals surface area contributed by atoms with Gasteiger partial charge in [-0.25, -0.2) is 0 Å². The number of hydrogen-bond acceptors (Lipinski definition) is 10. The van der Waals surface area contributed by atoms with Gasteiger partial charge in [-0.05, 0) is 86.2 Å². The van der Waals surface area contributed by atoms with Gasteiger partial charge in [0.05, 0.1) is 28.3 Å². The van der Waals surface area contributed by atoms with Crippen LogP contribution >= 0.6 is 0 Å². The molecule has 4 aromatic rings. The molecule has 5 heterocycles. The third-order valence-corrected chi connectivity index (χ3v) is 13.5. The second kappa shape index (κ2) is 15.1. The van der Waals surface area contributed by atoms with E-state index in [1.807, 2.05) is 12.1 Å². The molecule has 1 aliphatic carbocycles. The number of ketones is 1. The quantitative estimate of drug-likeness (QED) is 0.156. The van der Waals surface area contributed by atoms with Crippen molar-refractivity contribution in [2.75, 3.05) is 62.6 Å². The Morgan fingerprint density at radius 2 is 1.66 bits per heavy atom. The summed E-state index contributed by atoms with van der Waals surface area (Å²) in [5, 5.41) is 16.0. The average molecular weight is 795 g/mol. The topological polar surface area (TPSA) is 162 Å². The van der Waals surface area contributed by atoms with Crippen LogP contribution in [0.3, 0.4) is 0 Å². The zero-order valence-corrected chi connectivity index (χ0v) is 34.0. The predicted molar refractivity (Wildman–Crippen MR) is 224 cm³/mol. The number of carbonyl (C=O) groups is 5. The fourth-order valence-corrected chi connectivity index (χ4v) is 10.2. The van der Waals surface area contributed by atoms with E-state index < -0.39 is 35.1 Å². The third-order valence-electron chi connectivity index (χ3n) is 13.5. The molecular formula is C46H50N8O5. The highest BCUT2D eigenvalue weighted by molar-refractivity contribution is 6.25. The number of aromatic amines is 1. The lowest BCUT2D eigenvalue weighted by molar-refractivity contribution is -0.136. The van der Waals surface area contributed by atoms with Gasteiger partial charge in [0.25, 0.3) is 11.8 Å². The van der Waals surface area contributed by atoms with Crippen LogP contribution in [-0.2, 0) is 21.4 Å². The molecule has 3 fully saturated rings. The molecule has 3 saturated heterocycles. The largest absolute Gasteiger partial charge is 0.384 e. The van der Waals surface area contributed by atoms with Gasteiger partial charge in [-0.1, -0.05) is 32.9 Å². The number of fused-ring (bicyclic) bond motifs is 5. The van der Waals surface area contributed by atoms with Gasteiger partial charge in [-0.15, -0.1) is 0 Å². The third kappa shape index (κ3) is 6.59. The number of hydrogen-bond donors (Lipinski definition) is 3. The number of aromatic nitrogens is 1. The Morgan fingerprint density at radius 1 is 0.881 bits per heavy atom. The van der Waals surface area contributed by atoms with Crippen LogP contribution in [0.25, 0.3) is 10.9 Å². The van der Waals surface area contributed by atoms with E-state index in [1.165, 1.54) is 11.3 Å². The summed E-state index contributed by atoms with van der Waals surface area (Å²) in [6, 6.07) is 16.9. The van der Waals surface area contributed by atoms with Crippen LogP contribution in [-0.4, -0.2) is 114 Å². The number of nitrogens with zero attached hydrogens (tertiary/aromatic N) is 5. The van der Waals surface area contributed by atoms with Crippen molar-refractivity contribution in [3.8, 4) is 6.07 Å². The van der Waals surface area contributed by atoms with Crippen LogP contribution in [0.1, 0.15) is 112 Å². The van der Waals surface area contributed by atoms with Crippen LogP contribution in [0, 0.1) is 11.3 Å². The van der Waals surface area contributed by atoms with E-state index in [-0.39, 0.29) is 24.2 Å². The number of carbonyl (C=O) groups excluding carboxylic acids is 5. The van der Waals surface area contributed by atoms with E-state index in [0.717, 1.165) is 110 Å². The molecule has 4 amide bonds. The van der Waals surface area contributed by atoms with Gasteiger partial charge in [0.2, 0.25) is 11.8 Å². The summed E-state index contributed by atoms with van der Waals surface area (Å²) >= 11 is 0. The van der Waals surface area contributed by atoms with E-state index >= 15 is 0 Å². The first kappa shape index (κ1) is 38.7. The van der Waals surface area contributed by atoms with Crippen LogP contribution in [0.5, 0.6) is 0 Å². The average Bonchev–Trinajstić information content (AvgIpc) is 3.76. The number of piperidine rings is 2. The van der Waals surface area contributed by atoms with E-state index in [0.29, 0.717) is 29.4 Å². The summed E-state index contributed by atoms with van der Waals surface area (Å²) in [6.07, 6.45) is 4.10. The molecule has 1 aromatic heterocycles. The van der Waals surface area contributed by atoms with Crippen molar-refractivity contribution < 1.29 is 24.0 Å². The minimum absolute atomic E-state index is 0.0503. The Balaban J connectivity index is 0.779. The Bertz CT molecular complexity index is 2460.